The van der Waals surface area contributed by atoms with Gasteiger partial charge in [-0.3, -0.25) is 0 Å². The minimum atomic E-state index is 0.588. The lowest BCUT2D eigenvalue weighted by Gasteiger charge is -2.26. The van der Waals surface area contributed by atoms with Gasteiger partial charge in [-0.05, 0) is 24.9 Å². The van der Waals surface area contributed by atoms with Gasteiger partial charge in [-0.2, -0.15) is 0 Å². The van der Waals surface area contributed by atoms with Gasteiger partial charge in [0, 0.05) is 6.04 Å². The third kappa shape index (κ3) is 4.98. The van der Waals surface area contributed by atoms with E-state index in [0.717, 1.165) is 19.0 Å². The molecule has 1 rings (SSSR count). The zero-order chi connectivity index (χ0) is 11.1. The van der Waals surface area contributed by atoms with Gasteiger partial charge in [-0.25, -0.2) is 0 Å². The minimum absolute atomic E-state index is 0.588. The zero-order valence-corrected chi connectivity index (χ0v) is 10.5. The number of rotatable bonds is 5. The fraction of sp³-hybridized carbons (Fsp3) is 1.00. The predicted octanol–water partition coefficient (Wildman–Crippen LogP) is 2.53. The highest BCUT2D eigenvalue weighted by atomic mass is 14.9. The van der Waals surface area contributed by atoms with E-state index in [0.29, 0.717) is 12.0 Å². The second kappa shape index (κ2) is 7.24. The molecule has 0 radical (unpaired) electrons. The van der Waals surface area contributed by atoms with Crippen LogP contribution in [0.25, 0.3) is 0 Å². The largest absolute Gasteiger partial charge is 0.330 e. The van der Waals surface area contributed by atoms with Gasteiger partial charge < -0.3 is 11.1 Å². The van der Waals surface area contributed by atoms with Crippen molar-refractivity contribution < 1.29 is 0 Å². The summed E-state index contributed by atoms with van der Waals surface area (Å²) >= 11 is 0. The second-order valence-corrected chi connectivity index (χ2v) is 5.31. The molecule has 15 heavy (non-hydrogen) atoms. The Bertz CT molecular complexity index is 149. The van der Waals surface area contributed by atoms with Crippen LogP contribution in [0, 0.1) is 11.8 Å². The van der Waals surface area contributed by atoms with Crippen LogP contribution in [0.3, 0.4) is 0 Å². The van der Waals surface area contributed by atoms with Crippen LogP contribution >= 0.6 is 0 Å². The first kappa shape index (κ1) is 13.0. The molecule has 0 aromatic carbocycles. The molecule has 1 saturated carbocycles. The Labute approximate surface area is 95.0 Å². The molecule has 1 aliphatic rings. The van der Waals surface area contributed by atoms with Crippen LogP contribution in [-0.4, -0.2) is 19.1 Å². The summed E-state index contributed by atoms with van der Waals surface area (Å²) < 4.78 is 0. The summed E-state index contributed by atoms with van der Waals surface area (Å²) in [4.78, 5) is 0. The van der Waals surface area contributed by atoms with Crippen molar-refractivity contribution in [1.82, 2.24) is 5.32 Å². The minimum Gasteiger partial charge on any atom is -0.330 e. The molecule has 1 fully saturated rings. The summed E-state index contributed by atoms with van der Waals surface area (Å²) in [6.07, 6.45) is 8.52. The van der Waals surface area contributed by atoms with Gasteiger partial charge in [0.2, 0.25) is 0 Å². The van der Waals surface area contributed by atoms with Crippen molar-refractivity contribution in [2.45, 2.75) is 58.4 Å². The maximum absolute atomic E-state index is 5.90. The van der Waals surface area contributed by atoms with Crippen molar-refractivity contribution in [3.05, 3.63) is 0 Å². The standard InChI is InChI=1S/C13H28N2/c1-11(2)15-10-13(9-14)12-7-5-3-4-6-8-12/h11-13,15H,3-10,14H2,1-2H3. The van der Waals surface area contributed by atoms with E-state index in [9.17, 15) is 0 Å². The van der Waals surface area contributed by atoms with E-state index in [1.165, 1.54) is 38.5 Å². The fourth-order valence-electron chi connectivity index (χ4n) is 2.61. The van der Waals surface area contributed by atoms with Crippen LogP contribution in [0.5, 0.6) is 0 Å². The van der Waals surface area contributed by atoms with E-state index < -0.39 is 0 Å². The molecule has 0 spiro atoms. The molecular formula is C13H28N2. The summed E-state index contributed by atoms with van der Waals surface area (Å²) in [5, 5.41) is 3.53. The summed E-state index contributed by atoms with van der Waals surface area (Å²) in [6, 6.07) is 0.588. The Morgan fingerprint density at radius 2 is 1.73 bits per heavy atom. The Morgan fingerprint density at radius 3 is 2.20 bits per heavy atom. The Hall–Kier alpha value is -0.0800. The van der Waals surface area contributed by atoms with Crippen LogP contribution in [0.1, 0.15) is 52.4 Å². The molecule has 2 heteroatoms. The third-order valence-corrected chi connectivity index (χ3v) is 3.66. The van der Waals surface area contributed by atoms with E-state index in [2.05, 4.69) is 19.2 Å². The second-order valence-electron chi connectivity index (χ2n) is 5.31. The SMILES string of the molecule is CC(C)NCC(CN)C1CCCCCC1. The van der Waals surface area contributed by atoms with Crippen molar-refractivity contribution >= 4 is 0 Å². The Balaban J connectivity index is 2.34. The molecule has 90 valence electrons. The van der Waals surface area contributed by atoms with Gasteiger partial charge in [0.1, 0.15) is 0 Å². The van der Waals surface area contributed by atoms with Gasteiger partial charge >= 0.3 is 0 Å². The molecule has 0 aliphatic heterocycles. The summed E-state index contributed by atoms with van der Waals surface area (Å²) in [6.45, 7) is 6.38. The molecule has 0 bridgehead atoms. The summed E-state index contributed by atoms with van der Waals surface area (Å²) in [5.41, 5.74) is 5.90. The van der Waals surface area contributed by atoms with Crippen molar-refractivity contribution in [2.24, 2.45) is 17.6 Å². The highest BCUT2D eigenvalue weighted by Crippen LogP contribution is 2.28. The molecular weight excluding hydrogens is 184 g/mol. The molecule has 1 unspecified atom stereocenters. The van der Waals surface area contributed by atoms with Gasteiger partial charge in [0.25, 0.3) is 0 Å². The number of hydrogen-bond donors (Lipinski definition) is 2. The molecule has 0 aromatic heterocycles. The van der Waals surface area contributed by atoms with Crippen molar-refractivity contribution in [3.8, 4) is 0 Å². The normalized spacial score (nSPS) is 21.6. The van der Waals surface area contributed by atoms with E-state index in [4.69, 9.17) is 5.73 Å². The van der Waals surface area contributed by atoms with Crippen molar-refractivity contribution in [3.63, 3.8) is 0 Å². The lowest BCUT2D eigenvalue weighted by molar-refractivity contribution is 0.287. The first-order valence-electron chi connectivity index (χ1n) is 6.67. The highest BCUT2D eigenvalue weighted by molar-refractivity contribution is 4.76. The number of nitrogens with two attached hydrogens (primary N) is 1. The van der Waals surface area contributed by atoms with E-state index in [1.807, 2.05) is 0 Å². The lowest BCUT2D eigenvalue weighted by Crippen LogP contribution is -2.36. The van der Waals surface area contributed by atoms with E-state index >= 15 is 0 Å². The molecule has 0 saturated heterocycles. The molecule has 3 N–H and O–H groups in total. The van der Waals surface area contributed by atoms with Crippen LogP contribution < -0.4 is 11.1 Å². The first-order chi connectivity index (χ1) is 7.24. The summed E-state index contributed by atoms with van der Waals surface area (Å²) in [7, 11) is 0. The fourth-order valence-corrected chi connectivity index (χ4v) is 2.61. The van der Waals surface area contributed by atoms with Gasteiger partial charge in [-0.15, -0.1) is 0 Å². The van der Waals surface area contributed by atoms with Crippen LogP contribution in [0.4, 0.5) is 0 Å². The summed E-state index contributed by atoms with van der Waals surface area (Å²) in [5.74, 6) is 1.58. The molecule has 0 heterocycles. The quantitative estimate of drug-likeness (QED) is 0.687. The molecule has 0 amide bonds. The molecule has 1 atom stereocenters. The van der Waals surface area contributed by atoms with Crippen LogP contribution in [0.15, 0.2) is 0 Å². The van der Waals surface area contributed by atoms with Gasteiger partial charge in [-0.1, -0.05) is 52.4 Å². The topological polar surface area (TPSA) is 38.0 Å². The molecule has 2 nitrogen and oxygen atoms in total. The van der Waals surface area contributed by atoms with E-state index in [1.54, 1.807) is 0 Å². The predicted molar refractivity (Wildman–Crippen MR) is 66.9 cm³/mol. The van der Waals surface area contributed by atoms with E-state index in [-0.39, 0.29) is 0 Å². The number of hydrogen-bond acceptors (Lipinski definition) is 2. The van der Waals surface area contributed by atoms with Crippen LogP contribution in [0.2, 0.25) is 0 Å². The van der Waals surface area contributed by atoms with Gasteiger partial charge in [0.05, 0.1) is 0 Å². The van der Waals surface area contributed by atoms with Crippen molar-refractivity contribution in [1.29, 1.82) is 0 Å². The lowest BCUT2D eigenvalue weighted by atomic mass is 9.86. The zero-order valence-electron chi connectivity index (χ0n) is 10.5. The maximum Gasteiger partial charge on any atom is 0.00105 e. The smallest absolute Gasteiger partial charge is 0.00105 e. The van der Waals surface area contributed by atoms with Crippen molar-refractivity contribution in [2.75, 3.05) is 13.1 Å². The molecule has 0 aromatic rings. The first-order valence-corrected chi connectivity index (χ1v) is 6.67. The maximum atomic E-state index is 5.90. The highest BCUT2D eigenvalue weighted by Gasteiger charge is 2.21. The Morgan fingerprint density at radius 1 is 1.13 bits per heavy atom. The monoisotopic (exact) mass is 212 g/mol. The molecule has 1 aliphatic carbocycles. The Kier molecular flexibility index (Phi) is 6.26. The van der Waals surface area contributed by atoms with Crippen LogP contribution in [-0.2, 0) is 0 Å². The average Bonchev–Trinajstić information content (AvgIpc) is 2.47. The third-order valence-electron chi connectivity index (χ3n) is 3.66. The average molecular weight is 212 g/mol. The van der Waals surface area contributed by atoms with Gasteiger partial charge in [0.15, 0.2) is 0 Å². The number of nitrogens with one attached hydrogen (secondary N) is 1.